The Bertz CT molecular complexity index is 1170. The van der Waals surface area contributed by atoms with Gasteiger partial charge in [0.1, 0.15) is 24.2 Å². The molecule has 0 aliphatic heterocycles. The standard InChI is InChI=1S/C20H15N5O5/c26-15-11-22-30-17(15)19(27)24-18-14(7-8-16(23-18)25-10-4-9-21-25)20(28)29-12-13-5-2-1-3-6-13/h1-11,26H,12H2,(H,23,24,27). The lowest BCUT2D eigenvalue weighted by molar-refractivity contribution is 0.0473. The largest absolute Gasteiger partial charge is 0.503 e. The highest BCUT2D eigenvalue weighted by Crippen LogP contribution is 2.21. The predicted molar refractivity (Wildman–Crippen MR) is 103 cm³/mol. The topological polar surface area (TPSA) is 132 Å². The maximum atomic E-state index is 12.7. The zero-order valence-corrected chi connectivity index (χ0v) is 15.4. The number of carbonyl (C=O) groups excluding carboxylic acids is 2. The van der Waals surface area contributed by atoms with E-state index in [4.69, 9.17) is 9.26 Å². The molecule has 0 radical (unpaired) electrons. The molecule has 0 atom stereocenters. The van der Waals surface area contributed by atoms with E-state index in [9.17, 15) is 14.7 Å². The average molecular weight is 405 g/mol. The third-order valence-electron chi connectivity index (χ3n) is 4.04. The Balaban J connectivity index is 1.62. The Labute approximate surface area is 169 Å². The predicted octanol–water partition coefficient (Wildman–Crippen LogP) is 2.57. The number of carbonyl (C=O) groups is 2. The fraction of sp³-hybridized carbons (Fsp3) is 0.0500. The Hall–Kier alpha value is -4.47. The first-order chi connectivity index (χ1) is 14.6. The summed E-state index contributed by atoms with van der Waals surface area (Å²) in [5, 5.41) is 19.5. The number of ether oxygens (including phenoxy) is 1. The van der Waals surface area contributed by atoms with Crippen LogP contribution in [-0.4, -0.2) is 36.9 Å². The quantitative estimate of drug-likeness (QED) is 0.468. The van der Waals surface area contributed by atoms with E-state index in [1.165, 1.54) is 10.7 Å². The lowest BCUT2D eigenvalue weighted by Crippen LogP contribution is -2.18. The SMILES string of the molecule is O=C(OCc1ccccc1)c1ccc(-n2cccn2)nc1NC(=O)c1oncc1O. The van der Waals surface area contributed by atoms with Crippen molar-refractivity contribution < 1.29 is 24.0 Å². The monoisotopic (exact) mass is 405 g/mol. The fourth-order valence-electron chi connectivity index (χ4n) is 2.60. The molecule has 10 nitrogen and oxygen atoms in total. The lowest BCUT2D eigenvalue weighted by atomic mass is 10.2. The van der Waals surface area contributed by atoms with Crippen molar-refractivity contribution in [2.24, 2.45) is 0 Å². The molecular formula is C20H15N5O5. The first kappa shape index (κ1) is 18.9. The number of hydrogen-bond acceptors (Lipinski definition) is 8. The van der Waals surface area contributed by atoms with Crippen molar-refractivity contribution in [1.82, 2.24) is 19.9 Å². The van der Waals surface area contributed by atoms with E-state index >= 15 is 0 Å². The van der Waals surface area contributed by atoms with E-state index in [2.05, 4.69) is 20.6 Å². The second-order valence-electron chi connectivity index (χ2n) is 6.07. The van der Waals surface area contributed by atoms with Gasteiger partial charge in [-0.2, -0.15) is 5.10 Å². The van der Waals surface area contributed by atoms with E-state index in [0.717, 1.165) is 11.8 Å². The highest BCUT2D eigenvalue weighted by Gasteiger charge is 2.22. The number of hydrogen-bond donors (Lipinski definition) is 2. The van der Waals surface area contributed by atoms with Gasteiger partial charge in [0.15, 0.2) is 11.6 Å². The summed E-state index contributed by atoms with van der Waals surface area (Å²) in [5.41, 5.74) is 0.832. The van der Waals surface area contributed by atoms with Crippen LogP contribution in [0.25, 0.3) is 5.82 Å². The van der Waals surface area contributed by atoms with E-state index in [0.29, 0.717) is 5.82 Å². The first-order valence-electron chi connectivity index (χ1n) is 8.79. The van der Waals surface area contributed by atoms with Crippen LogP contribution in [0.2, 0.25) is 0 Å². The van der Waals surface area contributed by atoms with Crippen LogP contribution in [0.1, 0.15) is 26.5 Å². The summed E-state index contributed by atoms with van der Waals surface area (Å²) in [6.45, 7) is 0.0524. The number of nitrogens with one attached hydrogen (secondary N) is 1. The van der Waals surface area contributed by atoms with Gasteiger partial charge in [0.25, 0.3) is 11.7 Å². The Morgan fingerprint density at radius 3 is 2.67 bits per heavy atom. The van der Waals surface area contributed by atoms with Crippen LogP contribution in [0, 0.1) is 0 Å². The molecule has 10 heteroatoms. The van der Waals surface area contributed by atoms with E-state index in [1.54, 1.807) is 24.5 Å². The van der Waals surface area contributed by atoms with Crippen LogP contribution in [0.5, 0.6) is 5.75 Å². The van der Waals surface area contributed by atoms with Gasteiger partial charge in [0.2, 0.25) is 0 Å². The minimum absolute atomic E-state index is 0.0224. The molecule has 30 heavy (non-hydrogen) atoms. The summed E-state index contributed by atoms with van der Waals surface area (Å²) in [4.78, 5) is 29.4. The molecule has 0 spiro atoms. The zero-order chi connectivity index (χ0) is 20.9. The molecule has 4 rings (SSSR count). The van der Waals surface area contributed by atoms with Crippen molar-refractivity contribution in [1.29, 1.82) is 0 Å². The minimum atomic E-state index is -0.827. The van der Waals surface area contributed by atoms with Crippen molar-refractivity contribution >= 4 is 17.7 Å². The number of anilines is 1. The van der Waals surface area contributed by atoms with Gasteiger partial charge < -0.3 is 19.7 Å². The van der Waals surface area contributed by atoms with Crippen LogP contribution in [0.4, 0.5) is 5.82 Å². The number of pyridine rings is 1. The van der Waals surface area contributed by atoms with Gasteiger partial charge in [-0.1, -0.05) is 35.5 Å². The van der Waals surface area contributed by atoms with Gasteiger partial charge in [-0.3, -0.25) is 4.79 Å². The molecular weight excluding hydrogens is 390 g/mol. The minimum Gasteiger partial charge on any atom is -0.503 e. The molecule has 0 aliphatic carbocycles. The second-order valence-corrected chi connectivity index (χ2v) is 6.07. The first-order valence-corrected chi connectivity index (χ1v) is 8.79. The zero-order valence-electron chi connectivity index (χ0n) is 15.4. The van der Waals surface area contributed by atoms with Crippen molar-refractivity contribution in [2.75, 3.05) is 5.32 Å². The van der Waals surface area contributed by atoms with Crippen molar-refractivity contribution in [3.8, 4) is 11.6 Å². The van der Waals surface area contributed by atoms with Gasteiger partial charge in [-0.25, -0.2) is 14.5 Å². The van der Waals surface area contributed by atoms with Crippen LogP contribution in [-0.2, 0) is 11.3 Å². The molecule has 0 bridgehead atoms. The van der Waals surface area contributed by atoms with Crippen molar-refractivity contribution in [3.05, 3.63) is 84.0 Å². The molecule has 0 unspecified atom stereocenters. The number of esters is 1. The van der Waals surface area contributed by atoms with Crippen LogP contribution in [0.3, 0.4) is 0 Å². The van der Waals surface area contributed by atoms with Gasteiger partial charge in [0, 0.05) is 12.4 Å². The Morgan fingerprint density at radius 2 is 1.97 bits per heavy atom. The molecule has 4 aromatic rings. The number of rotatable bonds is 6. The average Bonchev–Trinajstić information content (AvgIpc) is 3.44. The Kier molecular flexibility index (Phi) is 5.20. The highest BCUT2D eigenvalue weighted by molar-refractivity contribution is 6.06. The lowest BCUT2D eigenvalue weighted by Gasteiger charge is -2.11. The van der Waals surface area contributed by atoms with Gasteiger partial charge >= 0.3 is 5.97 Å². The summed E-state index contributed by atoms with van der Waals surface area (Å²) in [7, 11) is 0. The molecule has 3 aromatic heterocycles. The molecule has 1 amide bonds. The maximum absolute atomic E-state index is 12.7. The summed E-state index contributed by atoms with van der Waals surface area (Å²) in [5.74, 6) is -2.09. The third kappa shape index (κ3) is 4.02. The smallest absolute Gasteiger partial charge is 0.342 e. The van der Waals surface area contributed by atoms with Gasteiger partial charge in [-0.05, 0) is 23.8 Å². The molecule has 150 valence electrons. The van der Waals surface area contributed by atoms with Crippen LogP contribution in [0.15, 0.2) is 71.6 Å². The maximum Gasteiger partial charge on any atom is 0.342 e. The molecule has 0 saturated carbocycles. The number of nitrogens with zero attached hydrogens (tertiary/aromatic N) is 4. The van der Waals surface area contributed by atoms with E-state index in [1.807, 2.05) is 30.3 Å². The summed E-state index contributed by atoms with van der Waals surface area (Å²) in [6, 6.07) is 13.9. The Morgan fingerprint density at radius 1 is 1.13 bits per heavy atom. The van der Waals surface area contributed by atoms with E-state index < -0.39 is 23.4 Å². The normalized spacial score (nSPS) is 10.5. The number of benzene rings is 1. The molecule has 0 fully saturated rings. The van der Waals surface area contributed by atoms with Crippen molar-refractivity contribution in [2.45, 2.75) is 6.61 Å². The van der Waals surface area contributed by atoms with Crippen molar-refractivity contribution in [3.63, 3.8) is 0 Å². The molecule has 1 aromatic carbocycles. The molecule has 0 aliphatic rings. The summed E-state index contributed by atoms with van der Waals surface area (Å²) >= 11 is 0. The number of aromatic nitrogens is 4. The third-order valence-corrected chi connectivity index (χ3v) is 4.04. The molecule has 3 heterocycles. The van der Waals surface area contributed by atoms with Gasteiger partial charge in [-0.15, -0.1) is 0 Å². The van der Waals surface area contributed by atoms with Crippen LogP contribution < -0.4 is 5.32 Å². The molecule has 2 N–H and O–H groups in total. The van der Waals surface area contributed by atoms with Crippen LogP contribution >= 0.6 is 0 Å². The summed E-state index contributed by atoms with van der Waals surface area (Å²) < 4.78 is 11.5. The number of aromatic hydroxyl groups is 1. The van der Waals surface area contributed by atoms with E-state index in [-0.39, 0.29) is 18.0 Å². The fourth-order valence-corrected chi connectivity index (χ4v) is 2.60. The highest BCUT2D eigenvalue weighted by atomic mass is 16.5. The van der Waals surface area contributed by atoms with Gasteiger partial charge in [0.05, 0.1) is 0 Å². The molecule has 0 saturated heterocycles. The second kappa shape index (κ2) is 8.27. The summed E-state index contributed by atoms with van der Waals surface area (Å²) in [6.07, 6.45) is 4.20. The number of amides is 1.